The molecule has 1 saturated heterocycles. The summed E-state index contributed by atoms with van der Waals surface area (Å²) in [6, 6.07) is 0. The van der Waals surface area contributed by atoms with Gasteiger partial charge in [0.05, 0.1) is 12.7 Å². The SMILES string of the molecule is CC(C)C[C@@H](C(C)C)C1OC[C@H](C(C)C)[C@@H]1C(C)C. The molecule has 1 fully saturated rings. The van der Waals surface area contributed by atoms with Crippen molar-refractivity contribution in [2.75, 3.05) is 6.61 Å². The maximum Gasteiger partial charge on any atom is 0.0640 e. The van der Waals surface area contributed by atoms with Crippen molar-refractivity contribution in [1.29, 1.82) is 0 Å². The summed E-state index contributed by atoms with van der Waals surface area (Å²) in [7, 11) is 0. The van der Waals surface area contributed by atoms with Gasteiger partial charge in [0.25, 0.3) is 0 Å². The molecule has 0 radical (unpaired) electrons. The normalized spacial score (nSPS) is 30.0. The zero-order valence-corrected chi connectivity index (χ0v) is 14.4. The minimum absolute atomic E-state index is 0.481. The summed E-state index contributed by atoms with van der Waals surface area (Å²) in [6.45, 7) is 19.9. The Hall–Kier alpha value is -0.0400. The first kappa shape index (κ1) is 17.0. The Bertz CT molecular complexity index is 254. The zero-order valence-electron chi connectivity index (χ0n) is 14.4. The van der Waals surface area contributed by atoms with E-state index >= 15 is 0 Å². The molecule has 0 aromatic heterocycles. The summed E-state index contributed by atoms with van der Waals surface area (Å²) >= 11 is 0. The molecule has 1 unspecified atom stereocenters. The van der Waals surface area contributed by atoms with Crippen LogP contribution in [-0.4, -0.2) is 12.7 Å². The lowest BCUT2D eigenvalue weighted by atomic mass is 9.70. The van der Waals surface area contributed by atoms with E-state index in [1.54, 1.807) is 0 Å². The van der Waals surface area contributed by atoms with Crippen molar-refractivity contribution in [3.63, 3.8) is 0 Å². The lowest BCUT2D eigenvalue weighted by molar-refractivity contribution is 0.00520. The van der Waals surface area contributed by atoms with Gasteiger partial charge in [0, 0.05) is 0 Å². The molecule has 114 valence electrons. The van der Waals surface area contributed by atoms with Crippen molar-refractivity contribution < 1.29 is 4.74 Å². The van der Waals surface area contributed by atoms with E-state index in [1.165, 1.54) is 6.42 Å². The molecule has 0 saturated carbocycles. The highest BCUT2D eigenvalue weighted by molar-refractivity contribution is 4.92. The summed E-state index contributed by atoms with van der Waals surface area (Å²) in [5.41, 5.74) is 0. The van der Waals surface area contributed by atoms with Crippen molar-refractivity contribution in [1.82, 2.24) is 0 Å². The molecule has 1 heterocycles. The van der Waals surface area contributed by atoms with Crippen LogP contribution in [0.15, 0.2) is 0 Å². The number of hydrogen-bond donors (Lipinski definition) is 0. The van der Waals surface area contributed by atoms with Gasteiger partial charge in [-0.25, -0.2) is 0 Å². The average molecular weight is 268 g/mol. The molecule has 0 spiro atoms. The highest BCUT2D eigenvalue weighted by Gasteiger charge is 2.44. The summed E-state index contributed by atoms with van der Waals surface area (Å²) in [5.74, 6) is 5.17. The summed E-state index contributed by atoms with van der Waals surface area (Å²) in [4.78, 5) is 0. The molecule has 1 aliphatic rings. The van der Waals surface area contributed by atoms with Crippen molar-refractivity contribution in [3.8, 4) is 0 Å². The molecule has 0 aliphatic carbocycles. The van der Waals surface area contributed by atoms with Gasteiger partial charge < -0.3 is 4.74 Å². The van der Waals surface area contributed by atoms with Gasteiger partial charge in [-0.15, -0.1) is 0 Å². The van der Waals surface area contributed by atoms with E-state index in [-0.39, 0.29) is 0 Å². The molecular formula is C18H36O. The molecule has 4 atom stereocenters. The van der Waals surface area contributed by atoms with Crippen LogP contribution in [0.2, 0.25) is 0 Å². The Morgan fingerprint density at radius 2 is 1.47 bits per heavy atom. The third-order valence-electron chi connectivity index (χ3n) is 5.00. The number of hydrogen-bond acceptors (Lipinski definition) is 1. The first-order valence-electron chi connectivity index (χ1n) is 8.37. The fraction of sp³-hybridized carbons (Fsp3) is 1.00. The van der Waals surface area contributed by atoms with E-state index in [2.05, 4.69) is 55.4 Å². The fourth-order valence-corrected chi connectivity index (χ4v) is 3.94. The van der Waals surface area contributed by atoms with E-state index in [1.807, 2.05) is 0 Å². The summed E-state index contributed by atoms with van der Waals surface area (Å²) in [5, 5.41) is 0. The molecule has 0 N–H and O–H groups in total. The van der Waals surface area contributed by atoms with Gasteiger partial charge in [-0.2, -0.15) is 0 Å². The zero-order chi connectivity index (χ0) is 14.7. The lowest BCUT2D eigenvalue weighted by Gasteiger charge is -2.36. The molecule has 0 bridgehead atoms. The summed E-state index contributed by atoms with van der Waals surface area (Å²) < 4.78 is 6.33. The predicted octanol–water partition coefficient (Wildman–Crippen LogP) is 5.25. The standard InChI is InChI=1S/C18H36O/c1-11(2)9-15(12(3)4)18-17(14(7)8)16(10-19-18)13(5)6/h11-18H,9-10H2,1-8H3/t15-,16+,17-,18?/m0/s1. The van der Waals surface area contributed by atoms with Gasteiger partial charge in [-0.05, 0) is 47.8 Å². The minimum atomic E-state index is 0.481. The second-order valence-corrected chi connectivity index (χ2v) is 8.06. The van der Waals surface area contributed by atoms with Crippen LogP contribution in [0.5, 0.6) is 0 Å². The maximum atomic E-state index is 6.33. The topological polar surface area (TPSA) is 9.23 Å². The van der Waals surface area contributed by atoms with Gasteiger partial charge in [0.1, 0.15) is 0 Å². The molecule has 1 nitrogen and oxygen atoms in total. The third-order valence-corrected chi connectivity index (χ3v) is 5.00. The third kappa shape index (κ3) is 4.21. The highest BCUT2D eigenvalue weighted by atomic mass is 16.5. The van der Waals surface area contributed by atoms with Crippen molar-refractivity contribution in [3.05, 3.63) is 0 Å². The van der Waals surface area contributed by atoms with E-state index in [0.717, 1.165) is 48.0 Å². The van der Waals surface area contributed by atoms with E-state index in [9.17, 15) is 0 Å². The first-order chi connectivity index (χ1) is 8.75. The van der Waals surface area contributed by atoms with Gasteiger partial charge in [0.2, 0.25) is 0 Å². The summed E-state index contributed by atoms with van der Waals surface area (Å²) in [6.07, 6.45) is 1.78. The molecule has 0 aromatic rings. The van der Waals surface area contributed by atoms with Gasteiger partial charge in [-0.3, -0.25) is 0 Å². The molecule has 0 amide bonds. The smallest absolute Gasteiger partial charge is 0.0640 e. The van der Waals surface area contributed by atoms with Crippen molar-refractivity contribution in [2.24, 2.45) is 41.4 Å². The Balaban J connectivity index is 2.89. The first-order valence-corrected chi connectivity index (χ1v) is 8.37. The monoisotopic (exact) mass is 268 g/mol. The van der Waals surface area contributed by atoms with Crippen LogP contribution in [0.3, 0.4) is 0 Å². The highest BCUT2D eigenvalue weighted by Crippen LogP contribution is 2.43. The number of rotatable bonds is 6. The van der Waals surface area contributed by atoms with E-state index < -0.39 is 0 Å². The maximum absolute atomic E-state index is 6.33. The van der Waals surface area contributed by atoms with Gasteiger partial charge in [-0.1, -0.05) is 55.4 Å². The molecule has 1 aliphatic heterocycles. The quantitative estimate of drug-likeness (QED) is 0.639. The Morgan fingerprint density at radius 1 is 0.895 bits per heavy atom. The van der Waals surface area contributed by atoms with Crippen LogP contribution in [0, 0.1) is 41.4 Å². The molecular weight excluding hydrogens is 232 g/mol. The lowest BCUT2D eigenvalue weighted by Crippen LogP contribution is -2.36. The minimum Gasteiger partial charge on any atom is -0.377 e. The second kappa shape index (κ2) is 7.11. The van der Waals surface area contributed by atoms with Crippen molar-refractivity contribution >= 4 is 0 Å². The Kier molecular flexibility index (Phi) is 6.36. The van der Waals surface area contributed by atoms with Crippen LogP contribution in [0.1, 0.15) is 61.8 Å². The molecule has 1 rings (SSSR count). The van der Waals surface area contributed by atoms with E-state index in [4.69, 9.17) is 4.74 Å². The average Bonchev–Trinajstić information content (AvgIpc) is 2.69. The van der Waals surface area contributed by atoms with E-state index in [0.29, 0.717) is 6.10 Å². The molecule has 0 aromatic carbocycles. The second-order valence-electron chi connectivity index (χ2n) is 8.06. The van der Waals surface area contributed by atoms with Crippen LogP contribution < -0.4 is 0 Å². The molecule has 1 heteroatoms. The van der Waals surface area contributed by atoms with Crippen LogP contribution in [-0.2, 0) is 4.74 Å². The van der Waals surface area contributed by atoms with Crippen LogP contribution >= 0.6 is 0 Å². The number of ether oxygens (including phenoxy) is 1. The fourth-order valence-electron chi connectivity index (χ4n) is 3.94. The van der Waals surface area contributed by atoms with Gasteiger partial charge in [0.15, 0.2) is 0 Å². The predicted molar refractivity (Wildman–Crippen MR) is 84.2 cm³/mol. The van der Waals surface area contributed by atoms with Crippen LogP contribution in [0.25, 0.3) is 0 Å². The Morgan fingerprint density at radius 3 is 1.84 bits per heavy atom. The largest absolute Gasteiger partial charge is 0.377 e. The Labute approximate surface area is 121 Å². The van der Waals surface area contributed by atoms with Crippen molar-refractivity contribution in [2.45, 2.75) is 67.9 Å². The van der Waals surface area contributed by atoms with Crippen LogP contribution in [0.4, 0.5) is 0 Å². The van der Waals surface area contributed by atoms with Gasteiger partial charge >= 0.3 is 0 Å². The molecule has 19 heavy (non-hydrogen) atoms.